The van der Waals surface area contributed by atoms with Gasteiger partial charge >= 0.3 is 5.97 Å². The first-order chi connectivity index (χ1) is 9.11. The van der Waals surface area contributed by atoms with Crippen LogP contribution >= 0.6 is 27.5 Å². The highest BCUT2D eigenvalue weighted by atomic mass is 79.9. The third-order valence-electron chi connectivity index (χ3n) is 2.33. The number of hydrogen-bond donors (Lipinski definition) is 2. The van der Waals surface area contributed by atoms with Gasteiger partial charge in [0.2, 0.25) is 10.0 Å². The van der Waals surface area contributed by atoms with Crippen LogP contribution in [-0.4, -0.2) is 27.5 Å². The van der Waals surface area contributed by atoms with Crippen LogP contribution in [0.4, 0.5) is 10.1 Å². The zero-order chi connectivity index (χ0) is 15.7. The summed E-state index contributed by atoms with van der Waals surface area (Å²) in [7, 11) is -3.22. The number of hydrogen-bond acceptors (Lipinski definition) is 5. The molecule has 1 unspecified atom stereocenters. The van der Waals surface area contributed by atoms with E-state index < -0.39 is 38.4 Å². The predicted octanol–water partition coefficient (Wildman–Crippen LogP) is 1.66. The van der Waals surface area contributed by atoms with Crippen LogP contribution < -0.4 is 10.5 Å². The minimum atomic E-state index is -4.32. The second-order valence-electron chi connectivity index (χ2n) is 3.76. The Morgan fingerprint density at radius 2 is 2.15 bits per heavy atom. The van der Waals surface area contributed by atoms with E-state index in [9.17, 15) is 17.6 Å². The second-order valence-corrected chi connectivity index (χ2v) is 6.65. The van der Waals surface area contributed by atoms with E-state index in [0.717, 1.165) is 13.2 Å². The summed E-state index contributed by atoms with van der Waals surface area (Å²) in [6.45, 7) is 1.26. The number of carbonyl (C=O) groups excluding carboxylic acids is 1. The smallest absolute Gasteiger partial charge is 0.323 e. The Morgan fingerprint density at radius 1 is 1.60 bits per heavy atom. The van der Waals surface area contributed by atoms with Crippen molar-refractivity contribution in [2.45, 2.75) is 17.9 Å². The molecule has 10 heteroatoms. The van der Waals surface area contributed by atoms with Crippen LogP contribution in [0, 0.1) is 5.82 Å². The quantitative estimate of drug-likeness (QED) is 0.464. The first-order valence-electron chi connectivity index (χ1n) is 5.15. The molecule has 1 rings (SSSR count). The van der Waals surface area contributed by atoms with Crippen molar-refractivity contribution in [2.24, 2.45) is 0 Å². The van der Waals surface area contributed by atoms with Crippen LogP contribution in [0.15, 0.2) is 15.4 Å². The molecule has 0 saturated carbocycles. The molecule has 0 saturated heterocycles. The average Bonchev–Trinajstić information content (AvgIpc) is 2.38. The van der Waals surface area contributed by atoms with Gasteiger partial charge in [0.05, 0.1) is 22.3 Å². The van der Waals surface area contributed by atoms with E-state index in [4.69, 9.17) is 17.3 Å². The van der Waals surface area contributed by atoms with Gasteiger partial charge in [0.15, 0.2) is 5.82 Å². The summed E-state index contributed by atoms with van der Waals surface area (Å²) in [5, 5.41) is -0.0741. The van der Waals surface area contributed by atoms with E-state index in [0.29, 0.717) is 0 Å². The van der Waals surface area contributed by atoms with Crippen LogP contribution in [0.5, 0.6) is 0 Å². The lowest BCUT2D eigenvalue weighted by Gasteiger charge is -2.14. The maximum Gasteiger partial charge on any atom is 0.323 e. The number of ether oxygens (including phenoxy) is 1. The van der Waals surface area contributed by atoms with Crippen molar-refractivity contribution in [1.82, 2.24) is 4.72 Å². The van der Waals surface area contributed by atoms with Crippen molar-refractivity contribution >= 4 is 49.2 Å². The Balaban J connectivity index is 3.27. The molecule has 0 aliphatic carbocycles. The molecule has 0 spiro atoms. The number of nitrogens with one attached hydrogen (secondary N) is 1. The monoisotopic (exact) mass is 388 g/mol. The van der Waals surface area contributed by atoms with Gasteiger partial charge in [-0.05, 0) is 28.9 Å². The van der Waals surface area contributed by atoms with Crippen LogP contribution in [-0.2, 0) is 19.6 Å². The number of benzene rings is 1. The normalized spacial score (nSPS) is 13.1. The van der Waals surface area contributed by atoms with Gasteiger partial charge in [-0.25, -0.2) is 12.8 Å². The largest absolute Gasteiger partial charge is 0.468 e. The summed E-state index contributed by atoms with van der Waals surface area (Å²) in [6, 6.07) is -0.294. The summed E-state index contributed by atoms with van der Waals surface area (Å²) in [5.74, 6) is -1.98. The van der Waals surface area contributed by atoms with Crippen molar-refractivity contribution in [3.63, 3.8) is 0 Å². The van der Waals surface area contributed by atoms with Crippen molar-refractivity contribution in [1.29, 1.82) is 0 Å². The van der Waals surface area contributed by atoms with Gasteiger partial charge in [-0.2, -0.15) is 4.72 Å². The Kier molecular flexibility index (Phi) is 5.36. The van der Waals surface area contributed by atoms with E-state index in [1.165, 1.54) is 6.92 Å². The Bertz CT molecular complexity index is 653. The molecule has 0 aromatic heterocycles. The van der Waals surface area contributed by atoms with E-state index in [-0.39, 0.29) is 9.50 Å². The van der Waals surface area contributed by atoms with Crippen molar-refractivity contribution in [2.75, 3.05) is 12.8 Å². The summed E-state index contributed by atoms with van der Waals surface area (Å²) in [4.78, 5) is 10.4. The fraction of sp³-hybridized carbons (Fsp3) is 0.300. The highest BCUT2D eigenvalue weighted by Crippen LogP contribution is 2.34. The molecule has 1 aromatic rings. The summed E-state index contributed by atoms with van der Waals surface area (Å²) in [5.41, 5.74) is 4.97. The average molecular weight is 390 g/mol. The van der Waals surface area contributed by atoms with Crippen LogP contribution in [0.3, 0.4) is 0 Å². The third-order valence-corrected chi connectivity index (χ3v) is 5.25. The van der Waals surface area contributed by atoms with Crippen molar-refractivity contribution in [3.8, 4) is 0 Å². The zero-order valence-electron chi connectivity index (χ0n) is 10.4. The lowest BCUT2D eigenvalue weighted by molar-refractivity contribution is -0.142. The number of anilines is 1. The topological polar surface area (TPSA) is 98.5 Å². The number of carbonyl (C=O) groups is 1. The molecule has 112 valence electrons. The molecule has 6 nitrogen and oxygen atoms in total. The Morgan fingerprint density at radius 3 is 2.65 bits per heavy atom. The molecule has 1 atom stereocenters. The van der Waals surface area contributed by atoms with Gasteiger partial charge < -0.3 is 10.5 Å². The Labute approximate surface area is 128 Å². The fourth-order valence-corrected chi connectivity index (χ4v) is 3.19. The SMILES string of the molecule is COC(=O)C(C)NS(=O)(=O)c1cc(Cl)c(Br)c(N)c1F. The molecule has 20 heavy (non-hydrogen) atoms. The lowest BCUT2D eigenvalue weighted by atomic mass is 10.3. The van der Waals surface area contributed by atoms with Gasteiger partial charge in [-0.3, -0.25) is 4.79 Å². The number of rotatable bonds is 4. The number of methoxy groups -OCH3 is 1. The van der Waals surface area contributed by atoms with Gasteiger partial charge in [0.25, 0.3) is 0 Å². The van der Waals surface area contributed by atoms with Crippen LogP contribution in [0.25, 0.3) is 0 Å². The maximum atomic E-state index is 13.9. The first-order valence-corrected chi connectivity index (χ1v) is 7.80. The maximum absolute atomic E-state index is 13.9. The van der Waals surface area contributed by atoms with E-state index in [1.807, 2.05) is 4.72 Å². The molecular weight excluding hydrogens is 379 g/mol. The van der Waals surface area contributed by atoms with Gasteiger partial charge in [0.1, 0.15) is 10.9 Å². The van der Waals surface area contributed by atoms with E-state index >= 15 is 0 Å². The molecular formula is C10H11BrClFN2O4S. The minimum Gasteiger partial charge on any atom is -0.468 e. The number of sulfonamides is 1. The van der Waals surface area contributed by atoms with Crippen LogP contribution in [0.1, 0.15) is 6.92 Å². The summed E-state index contributed by atoms with van der Waals surface area (Å²) < 4.78 is 44.3. The third kappa shape index (κ3) is 3.40. The molecule has 0 aliphatic heterocycles. The molecule has 0 fully saturated rings. The minimum absolute atomic E-state index is 0.0524. The van der Waals surface area contributed by atoms with Gasteiger partial charge in [-0.15, -0.1) is 0 Å². The second kappa shape index (κ2) is 6.25. The highest BCUT2D eigenvalue weighted by Gasteiger charge is 2.28. The number of esters is 1. The standard InChI is InChI=1S/C10H11BrClFN2O4S/c1-4(10(16)19-2)15-20(17,18)6-3-5(12)7(11)9(14)8(6)13/h3-4,15H,14H2,1-2H3. The molecule has 0 bridgehead atoms. The molecule has 3 N–H and O–H groups in total. The Hall–Kier alpha value is -0.900. The number of nitrogen functional groups attached to an aromatic ring is 1. The lowest BCUT2D eigenvalue weighted by Crippen LogP contribution is -2.39. The molecule has 0 amide bonds. The van der Waals surface area contributed by atoms with E-state index in [2.05, 4.69) is 20.7 Å². The van der Waals surface area contributed by atoms with Gasteiger partial charge in [-0.1, -0.05) is 11.6 Å². The zero-order valence-corrected chi connectivity index (χ0v) is 13.6. The van der Waals surface area contributed by atoms with Gasteiger partial charge in [0, 0.05) is 0 Å². The molecule has 0 heterocycles. The summed E-state index contributed by atoms with van der Waals surface area (Å²) >= 11 is 8.68. The highest BCUT2D eigenvalue weighted by molar-refractivity contribution is 9.10. The summed E-state index contributed by atoms with van der Waals surface area (Å²) in [6.07, 6.45) is 0. The van der Waals surface area contributed by atoms with Crippen molar-refractivity contribution in [3.05, 3.63) is 21.4 Å². The fourth-order valence-electron chi connectivity index (χ4n) is 1.32. The first kappa shape index (κ1) is 17.2. The predicted molar refractivity (Wildman–Crippen MR) is 75.3 cm³/mol. The van der Waals surface area contributed by atoms with E-state index in [1.54, 1.807) is 0 Å². The molecule has 0 radical (unpaired) electrons. The molecule has 0 aliphatic rings. The van der Waals surface area contributed by atoms with Crippen LogP contribution in [0.2, 0.25) is 5.02 Å². The number of nitrogens with two attached hydrogens (primary N) is 1. The number of halogens is 3. The van der Waals surface area contributed by atoms with Crippen molar-refractivity contribution < 1.29 is 22.3 Å². The molecule has 1 aromatic carbocycles.